The number of aromatic nitrogens is 2. The Morgan fingerprint density at radius 3 is 3.00 bits per heavy atom. The van der Waals surface area contributed by atoms with E-state index in [1.165, 1.54) is 0 Å². The molecule has 0 aliphatic carbocycles. The van der Waals surface area contributed by atoms with Gasteiger partial charge in [0, 0.05) is 12.7 Å². The molecule has 2 heterocycles. The van der Waals surface area contributed by atoms with E-state index in [9.17, 15) is 0 Å². The number of aryl methyl sites for hydroxylation is 1. The smallest absolute Gasteiger partial charge is 0.137 e. The SMILES string of the molecule is CCCc1nc2ccccn2c1CN. The molecule has 0 unspecified atom stereocenters. The van der Waals surface area contributed by atoms with Gasteiger partial charge in [-0.1, -0.05) is 19.4 Å². The maximum absolute atomic E-state index is 5.73. The first-order chi connectivity index (χ1) is 6.86. The second kappa shape index (κ2) is 3.80. The summed E-state index contributed by atoms with van der Waals surface area (Å²) in [5.74, 6) is 0. The summed E-state index contributed by atoms with van der Waals surface area (Å²) in [4.78, 5) is 4.56. The van der Waals surface area contributed by atoms with E-state index in [0.29, 0.717) is 6.54 Å². The lowest BCUT2D eigenvalue weighted by molar-refractivity contribution is 0.851. The number of nitrogens with two attached hydrogens (primary N) is 1. The molecule has 14 heavy (non-hydrogen) atoms. The van der Waals surface area contributed by atoms with Gasteiger partial charge in [-0.25, -0.2) is 4.98 Å². The lowest BCUT2D eigenvalue weighted by atomic mass is 10.2. The number of imidazole rings is 1. The highest BCUT2D eigenvalue weighted by Gasteiger charge is 2.08. The van der Waals surface area contributed by atoms with Crippen molar-refractivity contribution in [1.29, 1.82) is 0 Å². The van der Waals surface area contributed by atoms with Crippen molar-refractivity contribution < 1.29 is 0 Å². The van der Waals surface area contributed by atoms with Crippen LogP contribution < -0.4 is 5.73 Å². The molecular weight excluding hydrogens is 174 g/mol. The van der Waals surface area contributed by atoms with Crippen LogP contribution in [0.15, 0.2) is 24.4 Å². The molecule has 0 saturated heterocycles. The van der Waals surface area contributed by atoms with Crippen LogP contribution in [-0.4, -0.2) is 9.38 Å². The van der Waals surface area contributed by atoms with Crippen LogP contribution in [0.25, 0.3) is 5.65 Å². The van der Waals surface area contributed by atoms with Crippen LogP contribution >= 0.6 is 0 Å². The number of hydrogen-bond acceptors (Lipinski definition) is 2. The molecule has 0 bridgehead atoms. The van der Waals surface area contributed by atoms with Gasteiger partial charge in [0.05, 0.1) is 11.4 Å². The zero-order valence-corrected chi connectivity index (χ0v) is 8.40. The molecule has 3 nitrogen and oxygen atoms in total. The predicted octanol–water partition coefficient (Wildman–Crippen LogP) is 1.75. The maximum atomic E-state index is 5.73. The average molecular weight is 189 g/mol. The van der Waals surface area contributed by atoms with Crippen molar-refractivity contribution >= 4 is 5.65 Å². The summed E-state index contributed by atoms with van der Waals surface area (Å²) >= 11 is 0. The predicted molar refractivity (Wildman–Crippen MR) is 57.1 cm³/mol. The Kier molecular flexibility index (Phi) is 2.50. The third kappa shape index (κ3) is 1.40. The largest absolute Gasteiger partial charge is 0.325 e. The van der Waals surface area contributed by atoms with Crippen molar-refractivity contribution in [1.82, 2.24) is 9.38 Å². The fraction of sp³-hybridized carbons (Fsp3) is 0.364. The van der Waals surface area contributed by atoms with Crippen LogP contribution in [0.1, 0.15) is 24.7 Å². The van der Waals surface area contributed by atoms with Gasteiger partial charge in [0.25, 0.3) is 0 Å². The molecule has 2 rings (SSSR count). The standard InChI is InChI=1S/C11H15N3/c1-2-5-9-10(8-12)14-7-4-3-6-11(14)13-9/h3-4,6-7H,2,5,8,12H2,1H3. The molecule has 0 amide bonds. The van der Waals surface area contributed by atoms with E-state index in [2.05, 4.69) is 16.3 Å². The van der Waals surface area contributed by atoms with Crippen molar-refractivity contribution in [3.8, 4) is 0 Å². The summed E-state index contributed by atoms with van der Waals surface area (Å²) in [6.07, 6.45) is 4.13. The van der Waals surface area contributed by atoms with Gasteiger partial charge in [0.2, 0.25) is 0 Å². The van der Waals surface area contributed by atoms with Crippen LogP contribution in [0, 0.1) is 0 Å². The first-order valence-electron chi connectivity index (χ1n) is 5.01. The highest BCUT2D eigenvalue weighted by atomic mass is 15.0. The summed E-state index contributed by atoms with van der Waals surface area (Å²) in [6, 6.07) is 6.01. The van der Waals surface area contributed by atoms with Gasteiger partial charge >= 0.3 is 0 Å². The van der Waals surface area contributed by atoms with Crippen LogP contribution in [0.4, 0.5) is 0 Å². The molecule has 2 aromatic rings. The van der Waals surface area contributed by atoms with Gasteiger partial charge in [-0.15, -0.1) is 0 Å². The Morgan fingerprint density at radius 1 is 1.43 bits per heavy atom. The van der Waals surface area contributed by atoms with Crippen molar-refractivity contribution in [2.24, 2.45) is 5.73 Å². The summed E-state index contributed by atoms with van der Waals surface area (Å²) in [6.45, 7) is 2.71. The van der Waals surface area contributed by atoms with E-state index in [1.807, 2.05) is 24.4 Å². The lowest BCUT2D eigenvalue weighted by Crippen LogP contribution is -2.03. The van der Waals surface area contributed by atoms with E-state index in [4.69, 9.17) is 5.73 Å². The minimum absolute atomic E-state index is 0.556. The minimum Gasteiger partial charge on any atom is -0.325 e. The summed E-state index contributed by atoms with van der Waals surface area (Å²) in [5, 5.41) is 0. The Labute approximate surface area is 83.6 Å². The molecule has 0 aliphatic heterocycles. The Hall–Kier alpha value is -1.35. The molecule has 2 N–H and O–H groups in total. The summed E-state index contributed by atoms with van der Waals surface area (Å²) < 4.78 is 2.07. The first kappa shape index (κ1) is 9.21. The van der Waals surface area contributed by atoms with Gasteiger partial charge in [-0.2, -0.15) is 0 Å². The zero-order chi connectivity index (χ0) is 9.97. The lowest BCUT2D eigenvalue weighted by Gasteiger charge is -1.99. The van der Waals surface area contributed by atoms with Crippen LogP contribution in [0.2, 0.25) is 0 Å². The van der Waals surface area contributed by atoms with Crippen LogP contribution in [0.5, 0.6) is 0 Å². The van der Waals surface area contributed by atoms with E-state index >= 15 is 0 Å². The first-order valence-corrected chi connectivity index (χ1v) is 5.01. The van der Waals surface area contributed by atoms with Crippen molar-refractivity contribution in [2.45, 2.75) is 26.3 Å². The number of nitrogens with zero attached hydrogens (tertiary/aromatic N) is 2. The third-order valence-corrected chi connectivity index (χ3v) is 2.39. The second-order valence-corrected chi connectivity index (χ2v) is 3.39. The molecule has 0 aliphatic rings. The Bertz CT molecular complexity index is 431. The molecule has 0 saturated carbocycles. The Morgan fingerprint density at radius 2 is 2.29 bits per heavy atom. The molecule has 3 heteroatoms. The topological polar surface area (TPSA) is 43.3 Å². The molecular formula is C11H15N3. The van der Waals surface area contributed by atoms with E-state index in [-0.39, 0.29) is 0 Å². The van der Waals surface area contributed by atoms with Crippen molar-refractivity contribution in [3.63, 3.8) is 0 Å². The molecule has 74 valence electrons. The van der Waals surface area contributed by atoms with Gasteiger partial charge in [0.1, 0.15) is 5.65 Å². The van der Waals surface area contributed by atoms with Gasteiger partial charge in [-0.05, 0) is 18.6 Å². The highest BCUT2D eigenvalue weighted by molar-refractivity contribution is 5.43. The number of hydrogen-bond donors (Lipinski definition) is 1. The maximum Gasteiger partial charge on any atom is 0.137 e. The normalized spacial score (nSPS) is 11.0. The fourth-order valence-corrected chi connectivity index (χ4v) is 1.75. The Balaban J connectivity index is 2.60. The van der Waals surface area contributed by atoms with E-state index in [0.717, 1.165) is 29.9 Å². The fourth-order valence-electron chi connectivity index (χ4n) is 1.75. The van der Waals surface area contributed by atoms with Crippen LogP contribution in [0.3, 0.4) is 0 Å². The molecule has 0 atom stereocenters. The van der Waals surface area contributed by atoms with Crippen molar-refractivity contribution in [2.75, 3.05) is 0 Å². The summed E-state index contributed by atoms with van der Waals surface area (Å²) in [5.41, 5.74) is 9.01. The van der Waals surface area contributed by atoms with E-state index < -0.39 is 0 Å². The third-order valence-electron chi connectivity index (χ3n) is 2.39. The molecule has 0 fully saturated rings. The van der Waals surface area contributed by atoms with Crippen molar-refractivity contribution in [3.05, 3.63) is 35.8 Å². The highest BCUT2D eigenvalue weighted by Crippen LogP contribution is 2.13. The quantitative estimate of drug-likeness (QED) is 0.799. The van der Waals surface area contributed by atoms with Crippen LogP contribution in [-0.2, 0) is 13.0 Å². The minimum atomic E-state index is 0.556. The molecule has 2 aromatic heterocycles. The van der Waals surface area contributed by atoms with Gasteiger partial charge < -0.3 is 10.1 Å². The molecule has 0 spiro atoms. The number of fused-ring (bicyclic) bond motifs is 1. The zero-order valence-electron chi connectivity index (χ0n) is 8.40. The number of rotatable bonds is 3. The summed E-state index contributed by atoms with van der Waals surface area (Å²) in [7, 11) is 0. The van der Waals surface area contributed by atoms with E-state index in [1.54, 1.807) is 0 Å². The molecule has 0 radical (unpaired) electrons. The van der Waals surface area contributed by atoms with Gasteiger partial charge in [-0.3, -0.25) is 0 Å². The monoisotopic (exact) mass is 189 g/mol. The average Bonchev–Trinajstić information content (AvgIpc) is 2.55. The van der Waals surface area contributed by atoms with Gasteiger partial charge in [0.15, 0.2) is 0 Å². The second-order valence-electron chi connectivity index (χ2n) is 3.39. The number of pyridine rings is 1. The molecule has 0 aromatic carbocycles.